The van der Waals surface area contributed by atoms with Gasteiger partial charge in [-0.05, 0) is 37.5 Å². The number of guanidine groups is 1. The van der Waals surface area contributed by atoms with Crippen molar-refractivity contribution in [3.8, 4) is 11.5 Å². The Balaban J connectivity index is 0.00000450. The van der Waals surface area contributed by atoms with Crippen LogP contribution in [0.4, 0.5) is 0 Å². The largest absolute Gasteiger partial charge is 0.497 e. The second kappa shape index (κ2) is 15.5. The van der Waals surface area contributed by atoms with Crippen LogP contribution in [-0.2, 0) is 9.47 Å². The van der Waals surface area contributed by atoms with E-state index in [0.29, 0.717) is 35.5 Å². The number of hydrogen-bond acceptors (Lipinski definition) is 6. The summed E-state index contributed by atoms with van der Waals surface area (Å²) in [7, 11) is 3.17. The lowest BCUT2D eigenvalue weighted by Gasteiger charge is -2.15. The molecule has 1 aliphatic heterocycles. The number of rotatable bonds is 12. The molecule has 0 radical (unpaired) electrons. The van der Waals surface area contributed by atoms with Crippen LogP contribution in [-0.4, -0.2) is 71.3 Å². The van der Waals surface area contributed by atoms with Crippen LogP contribution in [0.15, 0.2) is 23.2 Å². The predicted octanol–water partition coefficient (Wildman–Crippen LogP) is 2.35. The van der Waals surface area contributed by atoms with E-state index in [1.54, 1.807) is 32.4 Å². The van der Waals surface area contributed by atoms with E-state index in [1.165, 1.54) is 0 Å². The van der Waals surface area contributed by atoms with Gasteiger partial charge >= 0.3 is 0 Å². The fourth-order valence-corrected chi connectivity index (χ4v) is 2.99. The minimum Gasteiger partial charge on any atom is -0.497 e. The fourth-order valence-electron chi connectivity index (χ4n) is 2.99. The predicted molar refractivity (Wildman–Crippen MR) is 128 cm³/mol. The number of hydrogen-bond donors (Lipinski definition) is 3. The summed E-state index contributed by atoms with van der Waals surface area (Å²) in [6.07, 6.45) is 1.22. The lowest BCUT2D eigenvalue weighted by Crippen LogP contribution is -2.38. The number of nitrogens with zero attached hydrogens (tertiary/aromatic N) is 1. The summed E-state index contributed by atoms with van der Waals surface area (Å²) in [5.74, 6) is 2.48. The first-order valence-electron chi connectivity index (χ1n) is 10.2. The molecule has 0 aromatic heterocycles. The Kier molecular flexibility index (Phi) is 13.8. The van der Waals surface area contributed by atoms with Crippen molar-refractivity contribution in [2.75, 3.05) is 60.3 Å². The molecule has 1 aliphatic rings. The van der Waals surface area contributed by atoms with Gasteiger partial charge in [0.05, 0.1) is 40.1 Å². The topological polar surface area (TPSA) is 93.6 Å². The number of aliphatic imine (C=N–C) groups is 1. The maximum absolute atomic E-state index is 10.5. The molecule has 2 unspecified atom stereocenters. The van der Waals surface area contributed by atoms with E-state index < -0.39 is 6.10 Å². The molecule has 172 valence electrons. The fraction of sp³-hybridized carbons (Fsp3) is 0.667. The van der Waals surface area contributed by atoms with Crippen molar-refractivity contribution in [1.29, 1.82) is 0 Å². The Morgan fingerprint density at radius 1 is 1.23 bits per heavy atom. The van der Waals surface area contributed by atoms with Gasteiger partial charge in [0, 0.05) is 38.3 Å². The zero-order valence-corrected chi connectivity index (χ0v) is 20.5. The van der Waals surface area contributed by atoms with Gasteiger partial charge in [0.15, 0.2) is 5.96 Å². The molecule has 9 heteroatoms. The van der Waals surface area contributed by atoms with Crippen molar-refractivity contribution in [2.24, 2.45) is 10.9 Å². The summed E-state index contributed by atoms with van der Waals surface area (Å²) < 4.78 is 21.6. The van der Waals surface area contributed by atoms with Crippen molar-refractivity contribution in [2.45, 2.75) is 25.9 Å². The first-order chi connectivity index (χ1) is 14.2. The Bertz CT molecular complexity index is 604. The van der Waals surface area contributed by atoms with Crippen LogP contribution < -0.4 is 20.1 Å². The van der Waals surface area contributed by atoms with Crippen LogP contribution >= 0.6 is 24.0 Å². The Labute approximate surface area is 196 Å². The Morgan fingerprint density at radius 2 is 1.97 bits per heavy atom. The molecule has 2 atom stereocenters. The summed E-state index contributed by atoms with van der Waals surface area (Å²) in [4.78, 5) is 4.49. The zero-order valence-electron chi connectivity index (χ0n) is 18.2. The van der Waals surface area contributed by atoms with Crippen LogP contribution in [0.2, 0.25) is 0 Å². The molecule has 1 fully saturated rings. The first kappa shape index (κ1) is 26.7. The highest BCUT2D eigenvalue weighted by atomic mass is 127. The molecular formula is C21H36IN3O5. The van der Waals surface area contributed by atoms with Crippen molar-refractivity contribution in [1.82, 2.24) is 10.6 Å². The molecule has 0 aliphatic carbocycles. The zero-order chi connectivity index (χ0) is 20.9. The molecular weight excluding hydrogens is 501 g/mol. The minimum absolute atomic E-state index is 0. The number of aliphatic hydroxyl groups excluding tert-OH is 1. The molecule has 8 nitrogen and oxygen atoms in total. The number of methoxy groups -OCH3 is 2. The molecule has 30 heavy (non-hydrogen) atoms. The molecule has 1 saturated heterocycles. The molecule has 2 rings (SSSR count). The van der Waals surface area contributed by atoms with Gasteiger partial charge in [-0.15, -0.1) is 24.0 Å². The summed E-state index contributed by atoms with van der Waals surface area (Å²) in [5.41, 5.74) is 0.699. The lowest BCUT2D eigenvalue weighted by atomic mass is 10.1. The highest BCUT2D eigenvalue weighted by molar-refractivity contribution is 14.0. The highest BCUT2D eigenvalue weighted by Gasteiger charge is 2.15. The van der Waals surface area contributed by atoms with Crippen molar-refractivity contribution >= 4 is 29.9 Å². The second-order valence-electron chi connectivity index (χ2n) is 6.97. The maximum atomic E-state index is 10.5. The molecule has 1 aromatic rings. The third-order valence-corrected chi connectivity index (χ3v) is 4.66. The van der Waals surface area contributed by atoms with E-state index in [4.69, 9.17) is 18.9 Å². The maximum Gasteiger partial charge on any atom is 0.191 e. The van der Waals surface area contributed by atoms with Gasteiger partial charge < -0.3 is 34.7 Å². The van der Waals surface area contributed by atoms with Crippen LogP contribution in [0, 0.1) is 5.92 Å². The van der Waals surface area contributed by atoms with Gasteiger partial charge in [-0.2, -0.15) is 0 Å². The van der Waals surface area contributed by atoms with Crippen molar-refractivity contribution in [3.63, 3.8) is 0 Å². The Hall–Kier alpha value is -1.30. The summed E-state index contributed by atoms with van der Waals surface area (Å²) >= 11 is 0. The molecule has 1 aromatic carbocycles. The third kappa shape index (κ3) is 9.67. The smallest absolute Gasteiger partial charge is 0.191 e. The minimum atomic E-state index is -0.758. The van der Waals surface area contributed by atoms with Gasteiger partial charge in [-0.3, -0.25) is 4.99 Å². The second-order valence-corrected chi connectivity index (χ2v) is 6.97. The average Bonchev–Trinajstić information content (AvgIpc) is 3.27. The van der Waals surface area contributed by atoms with E-state index in [-0.39, 0.29) is 30.5 Å². The van der Waals surface area contributed by atoms with Crippen LogP contribution in [0.1, 0.15) is 31.4 Å². The monoisotopic (exact) mass is 537 g/mol. The van der Waals surface area contributed by atoms with E-state index in [2.05, 4.69) is 15.6 Å². The first-order valence-corrected chi connectivity index (χ1v) is 10.2. The number of benzene rings is 1. The molecule has 3 N–H and O–H groups in total. The summed E-state index contributed by atoms with van der Waals surface area (Å²) in [5, 5.41) is 17.0. The van der Waals surface area contributed by atoms with Gasteiger partial charge in [0.25, 0.3) is 0 Å². The number of nitrogens with one attached hydrogen (secondary N) is 2. The third-order valence-electron chi connectivity index (χ3n) is 4.66. The average molecular weight is 537 g/mol. The van der Waals surface area contributed by atoms with Crippen LogP contribution in [0.5, 0.6) is 11.5 Å². The van der Waals surface area contributed by atoms with Gasteiger partial charge in [-0.25, -0.2) is 0 Å². The van der Waals surface area contributed by atoms with E-state index in [1.807, 2.05) is 6.92 Å². The van der Waals surface area contributed by atoms with E-state index >= 15 is 0 Å². The van der Waals surface area contributed by atoms with Gasteiger partial charge in [0.2, 0.25) is 0 Å². The Morgan fingerprint density at radius 3 is 2.57 bits per heavy atom. The standard InChI is InChI=1S/C21H35N3O5.HI/c1-4-22-21(23-7-5-8-28-14-16-6-9-29-15-16)24-13-20(25)17-10-18(26-2)12-19(11-17)27-3;/h10-12,16,20,25H,4-9,13-15H2,1-3H3,(H2,22,23,24);1H. The van der Waals surface area contributed by atoms with Crippen LogP contribution in [0.25, 0.3) is 0 Å². The van der Waals surface area contributed by atoms with Crippen LogP contribution in [0.3, 0.4) is 0 Å². The van der Waals surface area contributed by atoms with E-state index in [9.17, 15) is 5.11 Å². The number of aliphatic hydroxyl groups is 1. The van der Waals surface area contributed by atoms with Gasteiger partial charge in [-0.1, -0.05) is 0 Å². The molecule has 0 spiro atoms. The molecule has 1 heterocycles. The quantitative estimate of drug-likeness (QED) is 0.163. The van der Waals surface area contributed by atoms with Crippen molar-refractivity contribution < 1.29 is 24.1 Å². The molecule has 0 saturated carbocycles. The summed E-state index contributed by atoms with van der Waals surface area (Å²) in [6, 6.07) is 5.35. The number of ether oxygens (including phenoxy) is 4. The molecule has 0 bridgehead atoms. The van der Waals surface area contributed by atoms with Crippen molar-refractivity contribution in [3.05, 3.63) is 23.8 Å². The lowest BCUT2D eigenvalue weighted by molar-refractivity contribution is 0.0888. The van der Waals surface area contributed by atoms with E-state index in [0.717, 1.165) is 45.8 Å². The summed E-state index contributed by atoms with van der Waals surface area (Å²) in [6.45, 7) is 6.86. The normalized spacial score (nSPS) is 17.2. The molecule has 0 amide bonds. The van der Waals surface area contributed by atoms with Gasteiger partial charge in [0.1, 0.15) is 11.5 Å². The number of halogens is 1. The SMILES string of the molecule is CCNC(=NCC(O)c1cc(OC)cc(OC)c1)NCCCOCC1CCOC1.I. The highest BCUT2D eigenvalue weighted by Crippen LogP contribution is 2.26.